The first-order valence-corrected chi connectivity index (χ1v) is 10.9. The summed E-state index contributed by atoms with van der Waals surface area (Å²) in [6, 6.07) is 9.21. The summed E-state index contributed by atoms with van der Waals surface area (Å²) in [5.41, 5.74) is 0.109. The Balaban J connectivity index is 1.60. The number of halogens is 1. The Kier molecular flexibility index (Phi) is 7.09. The van der Waals surface area contributed by atoms with E-state index in [4.69, 9.17) is 17.0 Å². The number of anilines is 1. The van der Waals surface area contributed by atoms with E-state index in [9.17, 15) is 24.1 Å². The third-order valence-corrected chi connectivity index (χ3v) is 6.02. The number of hydrogen-bond donors (Lipinski definition) is 1. The van der Waals surface area contributed by atoms with E-state index in [2.05, 4.69) is 10.4 Å². The molecule has 0 aliphatic rings. The van der Waals surface area contributed by atoms with Crippen LogP contribution in [0.1, 0.15) is 10.4 Å². The number of hydrogen-bond acceptors (Lipinski definition) is 9. The normalized spacial score (nSPS) is 10.5. The van der Waals surface area contributed by atoms with Crippen LogP contribution >= 0.6 is 35.3 Å². The van der Waals surface area contributed by atoms with Crippen molar-refractivity contribution in [1.82, 2.24) is 9.78 Å². The molecular weight excluding hydrogens is 467 g/mol. The van der Waals surface area contributed by atoms with Gasteiger partial charge in [0.1, 0.15) is 0 Å². The Morgan fingerprint density at radius 2 is 2.03 bits per heavy atom. The SMILES string of the molecule is CSc1nn(-c2ccc(C(=O)OCC(=O)Nc3ccc(F)c([N+](=O)[O-])c3)cc2)c(=S)s1. The highest BCUT2D eigenvalue weighted by Gasteiger charge is 2.16. The van der Waals surface area contributed by atoms with E-state index in [0.717, 1.165) is 22.5 Å². The molecule has 0 bridgehead atoms. The third kappa shape index (κ3) is 5.51. The maximum Gasteiger partial charge on any atom is 0.338 e. The first-order chi connectivity index (χ1) is 14.8. The van der Waals surface area contributed by atoms with Crippen molar-refractivity contribution in [3.05, 3.63) is 67.9 Å². The lowest BCUT2D eigenvalue weighted by Crippen LogP contribution is -2.21. The summed E-state index contributed by atoms with van der Waals surface area (Å²) in [6.07, 6.45) is 1.89. The molecule has 1 aromatic heterocycles. The standard InChI is InChI=1S/C18H13FN4O5S3/c1-30-17-21-22(18(29)31-17)12-5-2-10(3-6-12)16(25)28-9-15(24)20-11-4-7-13(19)14(8-11)23(26)27/h2-8H,9H2,1H3,(H,20,24). The van der Waals surface area contributed by atoms with E-state index < -0.39 is 34.9 Å². The van der Waals surface area contributed by atoms with Crippen molar-refractivity contribution in [1.29, 1.82) is 0 Å². The minimum atomic E-state index is -1.03. The molecule has 0 aliphatic heterocycles. The van der Waals surface area contributed by atoms with Crippen LogP contribution in [0.5, 0.6) is 0 Å². The van der Waals surface area contributed by atoms with Gasteiger partial charge in [0.05, 0.1) is 16.2 Å². The smallest absolute Gasteiger partial charge is 0.338 e. The zero-order valence-electron chi connectivity index (χ0n) is 15.7. The molecular formula is C18H13FN4O5S3. The molecule has 3 aromatic rings. The lowest BCUT2D eigenvalue weighted by atomic mass is 10.2. The van der Waals surface area contributed by atoms with Gasteiger partial charge in [0, 0.05) is 11.8 Å². The zero-order valence-corrected chi connectivity index (χ0v) is 18.2. The van der Waals surface area contributed by atoms with E-state index in [0.29, 0.717) is 9.64 Å². The van der Waals surface area contributed by atoms with Crippen molar-refractivity contribution in [2.24, 2.45) is 0 Å². The first-order valence-electron chi connectivity index (χ1n) is 8.44. The quantitative estimate of drug-likeness (QED) is 0.176. The second kappa shape index (κ2) is 9.76. The van der Waals surface area contributed by atoms with Gasteiger partial charge in [-0.3, -0.25) is 14.9 Å². The van der Waals surface area contributed by atoms with E-state index in [1.165, 1.54) is 35.2 Å². The maximum atomic E-state index is 13.3. The summed E-state index contributed by atoms with van der Waals surface area (Å²) >= 11 is 8.12. The van der Waals surface area contributed by atoms with Gasteiger partial charge in [-0.15, -0.1) is 5.10 Å². The van der Waals surface area contributed by atoms with Gasteiger partial charge < -0.3 is 10.1 Å². The van der Waals surface area contributed by atoms with Crippen molar-refractivity contribution < 1.29 is 23.6 Å². The Morgan fingerprint density at radius 1 is 1.32 bits per heavy atom. The number of ether oxygens (including phenoxy) is 1. The van der Waals surface area contributed by atoms with Gasteiger partial charge in [0.2, 0.25) is 5.82 Å². The summed E-state index contributed by atoms with van der Waals surface area (Å²) in [5.74, 6) is -2.50. The summed E-state index contributed by atoms with van der Waals surface area (Å²) in [5, 5.41) is 17.4. The van der Waals surface area contributed by atoms with Gasteiger partial charge >= 0.3 is 11.7 Å². The molecule has 160 valence electrons. The lowest BCUT2D eigenvalue weighted by molar-refractivity contribution is -0.387. The van der Waals surface area contributed by atoms with Gasteiger partial charge in [-0.2, -0.15) is 4.39 Å². The van der Waals surface area contributed by atoms with Crippen LogP contribution in [0.2, 0.25) is 0 Å². The number of carbonyl (C=O) groups excluding carboxylic acids is 2. The number of nitrogens with zero attached hydrogens (tertiary/aromatic N) is 3. The average Bonchev–Trinajstić information content (AvgIpc) is 3.14. The topological polar surface area (TPSA) is 116 Å². The highest BCUT2D eigenvalue weighted by atomic mass is 32.2. The van der Waals surface area contributed by atoms with Crippen molar-refractivity contribution in [3.63, 3.8) is 0 Å². The van der Waals surface area contributed by atoms with Gasteiger partial charge in [-0.05, 0) is 54.9 Å². The molecule has 1 amide bonds. The predicted octanol–water partition coefficient (Wildman–Crippen LogP) is 4.23. The number of benzene rings is 2. The zero-order chi connectivity index (χ0) is 22.5. The third-order valence-electron chi connectivity index (χ3n) is 3.81. The fourth-order valence-corrected chi connectivity index (χ4v) is 4.17. The number of nitro groups is 1. The van der Waals surface area contributed by atoms with Crippen molar-refractivity contribution in [2.75, 3.05) is 18.2 Å². The highest BCUT2D eigenvalue weighted by Crippen LogP contribution is 2.23. The Hall–Kier alpha value is -3.16. The Bertz CT molecular complexity index is 1210. The molecule has 31 heavy (non-hydrogen) atoms. The monoisotopic (exact) mass is 480 g/mol. The first kappa shape index (κ1) is 22.5. The fraction of sp³-hybridized carbons (Fsp3) is 0.111. The molecule has 1 heterocycles. The number of esters is 1. The highest BCUT2D eigenvalue weighted by molar-refractivity contribution is 8.00. The molecule has 0 atom stereocenters. The Morgan fingerprint density at radius 3 is 2.65 bits per heavy atom. The summed E-state index contributed by atoms with van der Waals surface area (Å²) in [4.78, 5) is 34.0. The van der Waals surface area contributed by atoms with E-state index in [-0.39, 0.29) is 11.3 Å². The van der Waals surface area contributed by atoms with Gasteiger partial charge in [0.25, 0.3) is 5.91 Å². The second-order valence-electron chi connectivity index (χ2n) is 5.84. The average molecular weight is 481 g/mol. The fourth-order valence-electron chi connectivity index (χ4n) is 2.39. The summed E-state index contributed by atoms with van der Waals surface area (Å²) < 4.78 is 21.3. The molecule has 13 heteroatoms. The number of nitrogens with one attached hydrogen (secondary N) is 1. The molecule has 0 spiro atoms. The predicted molar refractivity (Wildman–Crippen MR) is 116 cm³/mol. The molecule has 0 saturated carbocycles. The number of amides is 1. The number of thioether (sulfide) groups is 1. The van der Waals surface area contributed by atoms with Crippen LogP contribution in [-0.4, -0.2) is 39.4 Å². The van der Waals surface area contributed by atoms with E-state index in [1.807, 2.05) is 6.26 Å². The van der Waals surface area contributed by atoms with E-state index in [1.54, 1.807) is 16.8 Å². The molecule has 0 radical (unpaired) electrons. The van der Waals surface area contributed by atoms with E-state index >= 15 is 0 Å². The molecule has 0 saturated heterocycles. The largest absolute Gasteiger partial charge is 0.452 e. The molecule has 1 N–H and O–H groups in total. The molecule has 9 nitrogen and oxygen atoms in total. The van der Waals surface area contributed by atoms with Crippen LogP contribution in [0.15, 0.2) is 46.8 Å². The molecule has 0 fully saturated rings. The molecule has 0 aliphatic carbocycles. The maximum absolute atomic E-state index is 13.3. The second-order valence-corrected chi connectivity index (χ2v) is 8.52. The van der Waals surface area contributed by atoms with Crippen LogP contribution < -0.4 is 5.32 Å². The van der Waals surface area contributed by atoms with Crippen LogP contribution in [0.4, 0.5) is 15.8 Å². The molecule has 3 rings (SSSR count). The summed E-state index contributed by atoms with van der Waals surface area (Å²) in [7, 11) is 0. The number of carbonyl (C=O) groups is 2. The lowest BCUT2D eigenvalue weighted by Gasteiger charge is -2.07. The Labute approximate surface area is 188 Å². The van der Waals surface area contributed by atoms with Crippen LogP contribution in [0.3, 0.4) is 0 Å². The van der Waals surface area contributed by atoms with Crippen molar-refractivity contribution >= 4 is 58.6 Å². The van der Waals surface area contributed by atoms with Crippen molar-refractivity contribution in [3.8, 4) is 5.69 Å². The number of nitro benzene ring substituents is 1. The minimum absolute atomic E-state index is 0.00289. The van der Waals surface area contributed by atoms with Gasteiger partial charge in [0.15, 0.2) is 14.9 Å². The van der Waals surface area contributed by atoms with Gasteiger partial charge in [-0.25, -0.2) is 9.48 Å². The minimum Gasteiger partial charge on any atom is -0.452 e. The number of rotatable bonds is 7. The van der Waals surface area contributed by atoms with Crippen LogP contribution in [0.25, 0.3) is 5.69 Å². The number of aromatic nitrogens is 2. The summed E-state index contributed by atoms with van der Waals surface area (Å²) in [6.45, 7) is -0.625. The molecule has 2 aromatic carbocycles. The van der Waals surface area contributed by atoms with Gasteiger partial charge in [-0.1, -0.05) is 23.1 Å². The van der Waals surface area contributed by atoms with Crippen LogP contribution in [0, 0.1) is 19.9 Å². The van der Waals surface area contributed by atoms with Crippen molar-refractivity contribution in [2.45, 2.75) is 4.34 Å². The molecule has 0 unspecified atom stereocenters. The van der Waals surface area contributed by atoms with Crippen LogP contribution in [-0.2, 0) is 9.53 Å².